The molecule has 5 fully saturated rings. The van der Waals surface area contributed by atoms with Crippen LogP contribution in [0.2, 0.25) is 0 Å². The summed E-state index contributed by atoms with van der Waals surface area (Å²) in [6.45, 7) is 15.8. The van der Waals surface area contributed by atoms with Gasteiger partial charge in [-0.1, -0.05) is 47.6 Å². The van der Waals surface area contributed by atoms with Crippen molar-refractivity contribution in [1.29, 1.82) is 0 Å². The first-order valence-corrected chi connectivity index (χ1v) is 16.7. The lowest BCUT2D eigenvalue weighted by Gasteiger charge is -2.71. The van der Waals surface area contributed by atoms with Crippen LogP contribution in [0.4, 0.5) is 0 Å². The number of carboxylic acid groups (broad SMARTS) is 1. The number of methoxy groups -OCH3 is 1. The summed E-state index contributed by atoms with van der Waals surface area (Å²) in [5.41, 5.74) is 1.20. The zero-order chi connectivity index (χ0) is 31.5. The first-order valence-electron chi connectivity index (χ1n) is 16.7. The maximum absolute atomic E-state index is 13.5. The van der Waals surface area contributed by atoms with E-state index in [1.165, 1.54) is 57.8 Å². The molecule has 5 aliphatic carbocycles. The number of amides is 1. The maximum atomic E-state index is 13.5. The van der Waals surface area contributed by atoms with Crippen molar-refractivity contribution in [1.82, 2.24) is 4.90 Å². The first-order chi connectivity index (χ1) is 19.7. The van der Waals surface area contributed by atoms with Crippen LogP contribution in [0.5, 0.6) is 0 Å². The van der Waals surface area contributed by atoms with Gasteiger partial charge in [0.1, 0.15) is 6.29 Å². The van der Waals surface area contributed by atoms with E-state index in [4.69, 9.17) is 9.84 Å². The van der Waals surface area contributed by atoms with Crippen molar-refractivity contribution in [3.63, 3.8) is 0 Å². The van der Waals surface area contributed by atoms with Crippen molar-refractivity contribution in [2.75, 3.05) is 21.2 Å². The van der Waals surface area contributed by atoms with E-state index in [0.717, 1.165) is 30.6 Å². The van der Waals surface area contributed by atoms with Crippen LogP contribution in [0.25, 0.3) is 0 Å². The summed E-state index contributed by atoms with van der Waals surface area (Å²) < 4.78 is 5.93. The van der Waals surface area contributed by atoms with E-state index in [1.54, 1.807) is 6.08 Å². The van der Waals surface area contributed by atoms with Gasteiger partial charge in [-0.3, -0.25) is 9.59 Å². The molecule has 0 radical (unpaired) electrons. The van der Waals surface area contributed by atoms with Gasteiger partial charge in [0.2, 0.25) is 5.91 Å². The molecule has 5 saturated carbocycles. The molecule has 248 valence electrons. The molecule has 0 aromatic carbocycles. The van der Waals surface area contributed by atoms with Crippen molar-refractivity contribution in [2.24, 2.45) is 51.2 Å². The average Bonchev–Trinajstić information content (AvgIpc) is 3.38. The van der Waals surface area contributed by atoms with Gasteiger partial charge >= 0.3 is 5.97 Å². The Balaban J connectivity index is 0.000000512. The third-order valence-corrected chi connectivity index (χ3v) is 13.5. The van der Waals surface area contributed by atoms with Crippen LogP contribution in [-0.4, -0.2) is 55.5 Å². The van der Waals surface area contributed by atoms with Gasteiger partial charge in [-0.05, 0) is 117 Å². The van der Waals surface area contributed by atoms with Gasteiger partial charge in [0.05, 0.1) is 17.9 Å². The number of hydrogen-bond donors (Lipinski definition) is 1. The summed E-state index contributed by atoms with van der Waals surface area (Å²) in [6, 6.07) is 0. The topological polar surface area (TPSA) is 83.9 Å². The van der Waals surface area contributed by atoms with E-state index in [0.29, 0.717) is 46.4 Å². The highest BCUT2D eigenvalue weighted by Crippen LogP contribution is 2.76. The third-order valence-electron chi connectivity index (χ3n) is 13.5. The molecular formula is C37H65NO5. The third kappa shape index (κ3) is 6.38. The van der Waals surface area contributed by atoms with Gasteiger partial charge in [-0.2, -0.15) is 0 Å². The number of nitrogens with zero attached hydrogens (tertiary/aromatic N) is 1. The highest BCUT2D eigenvalue weighted by molar-refractivity contribution is 5.83. The summed E-state index contributed by atoms with van der Waals surface area (Å²) in [5, 5.41) is 7.89. The number of carbonyl (C=O) groups is 3. The molecule has 0 saturated heterocycles. The lowest BCUT2D eigenvalue weighted by atomic mass is 9.33. The Hall–Kier alpha value is -1.69. The van der Waals surface area contributed by atoms with Crippen molar-refractivity contribution in [2.45, 2.75) is 132 Å². The Bertz CT molecular complexity index is 980. The van der Waals surface area contributed by atoms with Gasteiger partial charge < -0.3 is 19.5 Å². The fraction of sp³-hybridized carbons (Fsp3) is 0.865. The van der Waals surface area contributed by atoms with E-state index in [1.807, 2.05) is 33.0 Å². The average molecular weight is 604 g/mol. The molecule has 6 heteroatoms. The number of aldehydes is 1. The Morgan fingerprint density at radius 1 is 0.930 bits per heavy atom. The van der Waals surface area contributed by atoms with Crippen LogP contribution < -0.4 is 0 Å². The lowest BCUT2D eigenvalue weighted by molar-refractivity contribution is -0.234. The number of hydrogen-bond acceptors (Lipinski definition) is 4. The van der Waals surface area contributed by atoms with Gasteiger partial charge in [0.15, 0.2) is 0 Å². The Labute approximate surface area is 263 Å². The van der Waals surface area contributed by atoms with Gasteiger partial charge in [0, 0.05) is 27.6 Å². The summed E-state index contributed by atoms with van der Waals surface area (Å²) in [5.74, 6) is 3.18. The fourth-order valence-corrected chi connectivity index (χ4v) is 11.5. The Kier molecular flexibility index (Phi) is 12.7. The van der Waals surface area contributed by atoms with E-state index in [2.05, 4.69) is 34.3 Å². The van der Waals surface area contributed by atoms with Gasteiger partial charge in [-0.25, -0.2) is 0 Å². The van der Waals surface area contributed by atoms with Crippen LogP contribution in [0.15, 0.2) is 12.7 Å². The molecule has 0 aromatic heterocycles. The highest BCUT2D eigenvalue weighted by Gasteiger charge is 2.70. The summed E-state index contributed by atoms with van der Waals surface area (Å²) in [6.07, 6.45) is 17.0. The normalized spacial score (nSPS) is 42.3. The Morgan fingerprint density at radius 3 is 2.12 bits per heavy atom. The smallest absolute Gasteiger partial charge is 0.303 e. The SMILES string of the molecule is C.C=CC.COC1CCC2(C)C(CCC3(C)C2CCC2[C@H]4CCCC4(C(=O)N(C)C)CC[C@]23C)C1C.O=CCCC(=O)O. The van der Waals surface area contributed by atoms with Crippen LogP contribution in [0.3, 0.4) is 0 Å². The largest absolute Gasteiger partial charge is 0.481 e. The lowest BCUT2D eigenvalue weighted by Crippen LogP contribution is -2.66. The molecular weight excluding hydrogens is 538 g/mol. The molecule has 1 N–H and O–H groups in total. The Morgan fingerprint density at radius 2 is 1.58 bits per heavy atom. The van der Waals surface area contributed by atoms with Gasteiger partial charge in [0.25, 0.3) is 0 Å². The second kappa shape index (κ2) is 14.6. The minimum Gasteiger partial charge on any atom is -0.481 e. The fourth-order valence-electron chi connectivity index (χ4n) is 11.5. The first kappa shape index (κ1) is 37.5. The molecule has 0 aliphatic heterocycles. The van der Waals surface area contributed by atoms with E-state index < -0.39 is 5.97 Å². The summed E-state index contributed by atoms with van der Waals surface area (Å²) in [7, 11) is 5.89. The number of carboxylic acids is 1. The molecule has 0 aromatic rings. The predicted molar refractivity (Wildman–Crippen MR) is 176 cm³/mol. The second-order valence-corrected chi connectivity index (χ2v) is 15.3. The minimum absolute atomic E-state index is 0. The molecule has 5 aliphatic rings. The summed E-state index contributed by atoms with van der Waals surface area (Å²) in [4.78, 5) is 34.4. The molecule has 1 amide bonds. The molecule has 5 rings (SSSR count). The van der Waals surface area contributed by atoms with E-state index >= 15 is 0 Å². The van der Waals surface area contributed by atoms with Crippen LogP contribution >= 0.6 is 0 Å². The number of rotatable bonds is 5. The molecule has 43 heavy (non-hydrogen) atoms. The maximum Gasteiger partial charge on any atom is 0.303 e. The van der Waals surface area contributed by atoms with Crippen molar-refractivity contribution in [3.05, 3.63) is 12.7 Å². The number of fused-ring (bicyclic) bond motifs is 7. The second-order valence-electron chi connectivity index (χ2n) is 15.3. The molecule has 8 unspecified atom stereocenters. The minimum atomic E-state index is -0.924. The highest BCUT2D eigenvalue weighted by atomic mass is 16.5. The zero-order valence-electron chi connectivity index (χ0n) is 28.0. The molecule has 10 atom stereocenters. The molecule has 6 nitrogen and oxygen atoms in total. The van der Waals surface area contributed by atoms with Crippen LogP contribution in [0, 0.1) is 51.2 Å². The number of aliphatic carboxylic acids is 1. The van der Waals surface area contributed by atoms with Crippen LogP contribution in [-0.2, 0) is 19.1 Å². The quantitative estimate of drug-likeness (QED) is 0.252. The van der Waals surface area contributed by atoms with Crippen molar-refractivity contribution in [3.8, 4) is 0 Å². The zero-order valence-corrected chi connectivity index (χ0v) is 28.0. The summed E-state index contributed by atoms with van der Waals surface area (Å²) >= 11 is 0. The molecule has 0 spiro atoms. The van der Waals surface area contributed by atoms with E-state index in [-0.39, 0.29) is 25.7 Å². The number of ether oxygens (including phenoxy) is 1. The molecule has 0 bridgehead atoms. The number of allylic oxidation sites excluding steroid dienone is 1. The van der Waals surface area contributed by atoms with E-state index in [9.17, 15) is 14.4 Å². The number of carbonyl (C=O) groups excluding carboxylic acids is 2. The van der Waals surface area contributed by atoms with Crippen molar-refractivity contribution < 1.29 is 24.2 Å². The molecule has 0 heterocycles. The van der Waals surface area contributed by atoms with Gasteiger partial charge in [-0.15, -0.1) is 6.58 Å². The standard InChI is InChI=1S/C29H49NO2.C4H6O3.C3H6.CH4/c1-19-20-12-16-28(4)24(26(20,2)15-13-23(19)32-7)11-10-21-22-9-8-14-29(22,25(31)30(5)6)18-17-27(21,28)3;5-3-1-2-4(6)7;1-3-2;/h19-24H,8-18H2,1-7H3;3H,1-2H2,(H,6,7);3H,1H2,2H3;1H4/t19?,20?,21?,22-,23?,24?,26?,27-,28?,29?;;;/m1.../s1. The van der Waals surface area contributed by atoms with Crippen molar-refractivity contribution >= 4 is 18.2 Å². The predicted octanol–water partition coefficient (Wildman–Crippen LogP) is 8.43. The van der Waals surface area contributed by atoms with Crippen LogP contribution in [0.1, 0.15) is 126 Å². The monoisotopic (exact) mass is 603 g/mol.